The van der Waals surface area contributed by atoms with Crippen LogP contribution in [0.5, 0.6) is 0 Å². The van der Waals surface area contributed by atoms with Crippen LogP contribution in [-0.2, 0) is 9.59 Å². The van der Waals surface area contributed by atoms with Crippen molar-refractivity contribution in [3.8, 4) is 0 Å². The minimum absolute atomic E-state index is 0.207. The van der Waals surface area contributed by atoms with E-state index in [0.29, 0.717) is 16.3 Å². The van der Waals surface area contributed by atoms with E-state index in [2.05, 4.69) is 5.32 Å². The molecular formula is C20H14Cl2N2O3S. The average Bonchev–Trinajstić information content (AvgIpc) is 2.66. The molecule has 0 aliphatic carbocycles. The number of rotatable bonds is 4. The van der Waals surface area contributed by atoms with E-state index in [-0.39, 0.29) is 11.0 Å². The molecule has 1 aliphatic rings. The van der Waals surface area contributed by atoms with Gasteiger partial charge in [-0.25, -0.2) is 4.79 Å². The molecule has 5 nitrogen and oxygen atoms in total. The van der Waals surface area contributed by atoms with Crippen LogP contribution in [0, 0.1) is 0 Å². The summed E-state index contributed by atoms with van der Waals surface area (Å²) in [6.45, 7) is 0. The van der Waals surface area contributed by atoms with Gasteiger partial charge in [-0.3, -0.25) is 15.0 Å². The second-order valence-electron chi connectivity index (χ2n) is 5.88. The predicted octanol–water partition coefficient (Wildman–Crippen LogP) is 4.31. The van der Waals surface area contributed by atoms with Crippen molar-refractivity contribution >= 4 is 70.2 Å². The van der Waals surface area contributed by atoms with Crippen molar-refractivity contribution in [3.63, 3.8) is 0 Å². The molecule has 142 valence electrons. The third-order valence-electron chi connectivity index (χ3n) is 3.97. The molecule has 2 aromatic carbocycles. The molecule has 0 spiro atoms. The van der Waals surface area contributed by atoms with Crippen molar-refractivity contribution in [2.75, 3.05) is 4.90 Å². The average molecular weight is 433 g/mol. The van der Waals surface area contributed by atoms with Crippen molar-refractivity contribution in [2.24, 2.45) is 0 Å². The number of alkyl halides is 1. The Kier molecular flexibility index (Phi) is 6.14. The van der Waals surface area contributed by atoms with E-state index in [1.54, 1.807) is 59.5 Å². The first-order chi connectivity index (χ1) is 13.3. The zero-order valence-electron chi connectivity index (χ0n) is 14.3. The third-order valence-corrected chi connectivity index (χ3v) is 4.95. The molecule has 28 heavy (non-hydrogen) atoms. The molecule has 1 heterocycles. The molecule has 8 heteroatoms. The fourth-order valence-corrected chi connectivity index (χ4v) is 3.47. The Morgan fingerprint density at radius 3 is 2.32 bits per heavy atom. The lowest BCUT2D eigenvalue weighted by atomic mass is 10.1. The van der Waals surface area contributed by atoms with Crippen LogP contribution in [0.25, 0.3) is 12.2 Å². The topological polar surface area (TPSA) is 69.6 Å². The summed E-state index contributed by atoms with van der Waals surface area (Å²) >= 11 is 17.8. The normalized spacial score (nSPS) is 18.6. The summed E-state index contributed by atoms with van der Waals surface area (Å²) < 4.78 is 0. The molecule has 1 aliphatic heterocycles. The number of carbonyl (C=O) groups excluding carboxylic acids is 1. The van der Waals surface area contributed by atoms with Crippen LogP contribution < -0.4 is 10.2 Å². The number of carboxylic acid groups (broad SMARTS) is 1. The first-order valence-corrected chi connectivity index (χ1v) is 9.34. The number of halogens is 2. The Morgan fingerprint density at radius 1 is 1.11 bits per heavy atom. The molecule has 0 saturated carbocycles. The summed E-state index contributed by atoms with van der Waals surface area (Å²) in [4.78, 5) is 24.6. The quantitative estimate of drug-likeness (QED) is 0.326. The van der Waals surface area contributed by atoms with Gasteiger partial charge in [-0.05, 0) is 59.8 Å². The van der Waals surface area contributed by atoms with E-state index >= 15 is 0 Å². The summed E-state index contributed by atoms with van der Waals surface area (Å²) in [7, 11) is 0. The first kappa shape index (κ1) is 20.1. The molecule has 1 saturated heterocycles. The van der Waals surface area contributed by atoms with E-state index in [0.717, 1.165) is 17.2 Å². The minimum atomic E-state index is -1.02. The van der Waals surface area contributed by atoms with Gasteiger partial charge in [0, 0.05) is 16.8 Å². The van der Waals surface area contributed by atoms with Gasteiger partial charge < -0.3 is 5.11 Å². The Labute approximate surface area is 176 Å². The number of carboxylic acids is 1. The van der Waals surface area contributed by atoms with Gasteiger partial charge in [0.25, 0.3) is 5.91 Å². The number of amides is 1. The van der Waals surface area contributed by atoms with Crippen LogP contribution in [0.1, 0.15) is 11.1 Å². The maximum Gasteiger partial charge on any atom is 0.328 e. The number of hydrogen-bond acceptors (Lipinski definition) is 3. The molecule has 1 fully saturated rings. The number of hydrogen-bond donors (Lipinski definition) is 2. The Morgan fingerprint density at radius 2 is 1.71 bits per heavy atom. The number of aliphatic carboxylic acids is 1. The first-order valence-electron chi connectivity index (χ1n) is 8.12. The van der Waals surface area contributed by atoms with Gasteiger partial charge in [-0.2, -0.15) is 0 Å². The zero-order valence-corrected chi connectivity index (χ0v) is 16.6. The van der Waals surface area contributed by atoms with Crippen molar-refractivity contribution in [3.05, 3.63) is 76.3 Å². The van der Waals surface area contributed by atoms with Crippen LogP contribution in [0.2, 0.25) is 5.02 Å². The lowest BCUT2D eigenvalue weighted by Gasteiger charge is -2.35. The molecule has 0 aromatic heterocycles. The fraction of sp³-hybridized carbons (Fsp3) is 0.0500. The van der Waals surface area contributed by atoms with E-state index in [1.165, 1.54) is 6.08 Å². The highest BCUT2D eigenvalue weighted by molar-refractivity contribution is 7.80. The molecule has 1 amide bonds. The lowest BCUT2D eigenvalue weighted by molar-refractivity contribution is -0.131. The van der Waals surface area contributed by atoms with Gasteiger partial charge in [0.15, 0.2) is 5.11 Å². The predicted molar refractivity (Wildman–Crippen MR) is 115 cm³/mol. The van der Waals surface area contributed by atoms with Crippen molar-refractivity contribution < 1.29 is 14.7 Å². The standard InChI is InChI=1S/C20H14Cl2N2O3S/c21-14-6-8-15(9-7-14)24-18(22)16(19(27)23-20(24)28)11-13-3-1-12(2-4-13)5-10-17(25)26/h1-11,18H,(H,25,26)(H,23,27,28)/b10-5+,16-11+. The molecule has 1 unspecified atom stereocenters. The fourth-order valence-electron chi connectivity index (χ4n) is 2.61. The van der Waals surface area contributed by atoms with E-state index in [9.17, 15) is 9.59 Å². The van der Waals surface area contributed by atoms with Gasteiger partial charge >= 0.3 is 5.97 Å². The Hall–Kier alpha value is -2.67. The number of anilines is 1. The molecule has 1 atom stereocenters. The van der Waals surface area contributed by atoms with Crippen LogP contribution in [-0.4, -0.2) is 27.6 Å². The van der Waals surface area contributed by atoms with Gasteiger partial charge in [0.2, 0.25) is 0 Å². The number of benzene rings is 2. The van der Waals surface area contributed by atoms with E-state index in [4.69, 9.17) is 40.5 Å². The maximum absolute atomic E-state index is 12.4. The summed E-state index contributed by atoms with van der Waals surface area (Å²) in [5.74, 6) is -1.39. The Bertz CT molecular complexity index is 986. The smallest absolute Gasteiger partial charge is 0.328 e. The van der Waals surface area contributed by atoms with Gasteiger partial charge in [-0.15, -0.1) is 0 Å². The second-order valence-corrected chi connectivity index (χ2v) is 7.12. The maximum atomic E-state index is 12.4. The van der Waals surface area contributed by atoms with Crippen LogP contribution in [0.3, 0.4) is 0 Å². The summed E-state index contributed by atoms with van der Waals surface area (Å²) in [5.41, 5.74) is 1.71. The minimum Gasteiger partial charge on any atom is -0.478 e. The molecule has 2 N–H and O–H groups in total. The molecule has 0 bridgehead atoms. The van der Waals surface area contributed by atoms with Crippen LogP contribution in [0.15, 0.2) is 60.2 Å². The van der Waals surface area contributed by atoms with Crippen molar-refractivity contribution in [2.45, 2.75) is 5.50 Å². The van der Waals surface area contributed by atoms with Gasteiger partial charge in [0.1, 0.15) is 5.50 Å². The van der Waals surface area contributed by atoms with Crippen LogP contribution >= 0.6 is 35.4 Å². The van der Waals surface area contributed by atoms with E-state index < -0.39 is 11.5 Å². The summed E-state index contributed by atoms with van der Waals surface area (Å²) in [5, 5.41) is 12.1. The van der Waals surface area contributed by atoms with Crippen LogP contribution in [0.4, 0.5) is 5.69 Å². The van der Waals surface area contributed by atoms with Gasteiger partial charge in [0.05, 0.1) is 5.57 Å². The Balaban J connectivity index is 1.89. The molecular weight excluding hydrogens is 419 g/mol. The number of nitrogens with zero attached hydrogens (tertiary/aromatic N) is 1. The highest BCUT2D eigenvalue weighted by atomic mass is 35.5. The van der Waals surface area contributed by atoms with Crippen molar-refractivity contribution in [1.29, 1.82) is 0 Å². The second kappa shape index (κ2) is 8.56. The summed E-state index contributed by atoms with van der Waals surface area (Å²) in [6.07, 6.45) is 4.21. The number of thiocarbonyl (C=S) groups is 1. The lowest BCUT2D eigenvalue weighted by Crippen LogP contribution is -2.54. The molecule has 0 radical (unpaired) electrons. The highest BCUT2D eigenvalue weighted by Gasteiger charge is 2.34. The highest BCUT2D eigenvalue weighted by Crippen LogP contribution is 2.29. The summed E-state index contributed by atoms with van der Waals surface area (Å²) in [6, 6.07) is 14.0. The van der Waals surface area contributed by atoms with E-state index in [1.807, 2.05) is 0 Å². The largest absolute Gasteiger partial charge is 0.478 e. The number of carbonyl (C=O) groups is 2. The zero-order chi connectivity index (χ0) is 20.3. The molecule has 2 aromatic rings. The molecule has 3 rings (SSSR count). The SMILES string of the molecule is O=C(O)/C=C/c1ccc(/C=C2/C(=O)NC(=S)N(c3ccc(Cl)cc3)C2Cl)cc1. The monoisotopic (exact) mass is 432 g/mol. The third kappa shape index (κ3) is 4.59. The number of nitrogens with one attached hydrogen (secondary N) is 1. The van der Waals surface area contributed by atoms with Crippen molar-refractivity contribution in [1.82, 2.24) is 5.32 Å². The van der Waals surface area contributed by atoms with Gasteiger partial charge in [-0.1, -0.05) is 47.5 Å².